The molecule has 0 saturated heterocycles. The maximum absolute atomic E-state index is 11.8. The van der Waals surface area contributed by atoms with Crippen LogP contribution in [0, 0.1) is 0 Å². The molecule has 0 aliphatic carbocycles. The summed E-state index contributed by atoms with van der Waals surface area (Å²) in [4.78, 5) is 15.8. The summed E-state index contributed by atoms with van der Waals surface area (Å²) >= 11 is 0. The van der Waals surface area contributed by atoms with Gasteiger partial charge in [0, 0.05) is 11.4 Å². The highest BCUT2D eigenvalue weighted by Gasteiger charge is 2.19. The highest BCUT2D eigenvalue weighted by Crippen LogP contribution is 2.13. The van der Waals surface area contributed by atoms with E-state index in [-0.39, 0.29) is 5.91 Å². The van der Waals surface area contributed by atoms with Gasteiger partial charge in [0.2, 0.25) is 0 Å². The van der Waals surface area contributed by atoms with Gasteiger partial charge in [-0.3, -0.25) is 15.1 Å². The topological polar surface area (TPSA) is 52.9 Å². The number of hydroxylamine groups is 2. The van der Waals surface area contributed by atoms with Gasteiger partial charge >= 0.3 is 0 Å². The average molecular weight is 244 g/mol. The van der Waals surface area contributed by atoms with Crippen molar-refractivity contribution < 1.29 is 10.0 Å². The number of amides is 1. The monoisotopic (exact) mass is 244 g/mol. The van der Waals surface area contributed by atoms with Crippen molar-refractivity contribution in [2.24, 2.45) is 4.99 Å². The summed E-state index contributed by atoms with van der Waals surface area (Å²) in [5.74, 6) is -0.336. The van der Waals surface area contributed by atoms with Crippen molar-refractivity contribution in [3.63, 3.8) is 0 Å². The highest BCUT2D eigenvalue weighted by molar-refractivity contribution is 6.02. The van der Waals surface area contributed by atoms with Crippen LogP contribution in [-0.4, -0.2) is 21.7 Å². The molecule has 1 heterocycles. The summed E-state index contributed by atoms with van der Waals surface area (Å²) in [6.45, 7) is 5.55. The normalized spacial score (nSPS) is 16.9. The largest absolute Gasteiger partial charge is 0.288 e. The predicted molar refractivity (Wildman–Crippen MR) is 68.2 cm³/mol. The molecule has 0 bridgehead atoms. The molecule has 0 fully saturated rings. The van der Waals surface area contributed by atoms with Crippen LogP contribution in [0.25, 0.3) is 6.08 Å². The number of nitrogens with zero attached hydrogens (tertiary/aromatic N) is 2. The molecule has 1 amide bonds. The van der Waals surface area contributed by atoms with E-state index in [0.29, 0.717) is 10.9 Å². The van der Waals surface area contributed by atoms with Gasteiger partial charge in [0.25, 0.3) is 5.91 Å². The molecular weight excluding hydrogens is 228 g/mol. The molecule has 94 valence electrons. The third-order valence-corrected chi connectivity index (χ3v) is 2.67. The molecule has 2 rings (SSSR count). The summed E-state index contributed by atoms with van der Waals surface area (Å²) in [7, 11) is 0. The third-order valence-electron chi connectivity index (χ3n) is 2.67. The van der Waals surface area contributed by atoms with E-state index in [0.717, 1.165) is 10.3 Å². The lowest BCUT2D eigenvalue weighted by Gasteiger charge is -2.28. The Bertz CT molecular complexity index is 624. The summed E-state index contributed by atoms with van der Waals surface area (Å²) in [5.41, 5.74) is -0.0796. The summed E-state index contributed by atoms with van der Waals surface area (Å²) < 4.78 is 0. The number of rotatable bonds is 1. The second-order valence-electron chi connectivity index (χ2n) is 5.22. The van der Waals surface area contributed by atoms with Gasteiger partial charge in [-0.1, -0.05) is 18.2 Å². The fraction of sp³-hybridized carbons (Fsp3) is 0.286. The Morgan fingerprint density at radius 2 is 1.94 bits per heavy atom. The Morgan fingerprint density at radius 3 is 2.61 bits per heavy atom. The lowest BCUT2D eigenvalue weighted by Crippen LogP contribution is -2.36. The zero-order valence-corrected chi connectivity index (χ0v) is 10.7. The number of carbonyl (C=O) groups is 1. The molecule has 1 N–H and O–H groups in total. The van der Waals surface area contributed by atoms with Crippen LogP contribution in [0.1, 0.15) is 20.8 Å². The zero-order chi connectivity index (χ0) is 13.3. The summed E-state index contributed by atoms with van der Waals surface area (Å²) in [6.07, 6.45) is 3.15. The molecule has 4 nitrogen and oxygen atoms in total. The van der Waals surface area contributed by atoms with Gasteiger partial charge in [-0.15, -0.1) is 0 Å². The van der Waals surface area contributed by atoms with Gasteiger partial charge in [-0.05, 0) is 32.9 Å². The molecule has 0 aromatic heterocycles. The Morgan fingerprint density at radius 1 is 1.28 bits per heavy atom. The molecule has 0 atom stereocenters. The molecule has 4 heteroatoms. The van der Waals surface area contributed by atoms with Crippen LogP contribution < -0.4 is 10.6 Å². The maximum Gasteiger partial charge on any atom is 0.279 e. The van der Waals surface area contributed by atoms with E-state index in [1.165, 1.54) is 6.20 Å². The number of hydrogen-bond acceptors (Lipinski definition) is 3. The minimum absolute atomic E-state index is 0.336. The zero-order valence-electron chi connectivity index (χ0n) is 10.7. The fourth-order valence-electron chi connectivity index (χ4n) is 1.53. The van der Waals surface area contributed by atoms with Crippen LogP contribution >= 0.6 is 0 Å². The first-order chi connectivity index (χ1) is 8.38. The van der Waals surface area contributed by atoms with E-state index < -0.39 is 5.54 Å². The molecular formula is C14H16N2O2. The van der Waals surface area contributed by atoms with Gasteiger partial charge in [0.15, 0.2) is 0 Å². The van der Waals surface area contributed by atoms with Crippen LogP contribution in [0.2, 0.25) is 0 Å². The molecule has 1 aliphatic rings. The third kappa shape index (κ3) is 2.49. The molecule has 0 unspecified atom stereocenters. The van der Waals surface area contributed by atoms with E-state index in [9.17, 15) is 10.0 Å². The van der Waals surface area contributed by atoms with Crippen LogP contribution in [0.15, 0.2) is 41.0 Å². The number of fused-ring (bicyclic) bond motifs is 1. The Balaban J connectivity index is 2.47. The predicted octanol–water partition coefficient (Wildman–Crippen LogP) is 1.00. The second kappa shape index (κ2) is 4.38. The van der Waals surface area contributed by atoms with Gasteiger partial charge in [-0.25, -0.2) is 4.99 Å². The maximum atomic E-state index is 11.8. The van der Waals surface area contributed by atoms with Gasteiger partial charge in [0.05, 0.1) is 16.5 Å². The van der Waals surface area contributed by atoms with Crippen LogP contribution in [0.3, 0.4) is 0 Å². The average Bonchev–Trinajstić information content (AvgIpc) is 2.28. The van der Waals surface area contributed by atoms with Crippen molar-refractivity contribution in [1.82, 2.24) is 5.06 Å². The number of hydrogen-bond donors (Lipinski definition) is 1. The molecule has 0 radical (unpaired) electrons. The lowest BCUT2D eigenvalue weighted by atomic mass is 10.1. The standard InChI is InChI=1S/C14H16N2O2/c1-14(2,3)16(18)9-11-8-10-6-4-5-7-12(10)15-13(11)17/h4-9,18H,1-3H3/b11-9+. The van der Waals surface area contributed by atoms with E-state index >= 15 is 0 Å². The second-order valence-corrected chi connectivity index (χ2v) is 5.22. The quantitative estimate of drug-likeness (QED) is 0.592. The van der Waals surface area contributed by atoms with E-state index in [2.05, 4.69) is 4.99 Å². The SMILES string of the molecule is CC(C)(C)N(O)/C=C1\C=c2ccccc2=NC1=O. The highest BCUT2D eigenvalue weighted by atomic mass is 16.5. The van der Waals surface area contributed by atoms with Crippen molar-refractivity contribution in [2.45, 2.75) is 26.3 Å². The van der Waals surface area contributed by atoms with E-state index in [1.807, 2.05) is 39.0 Å². The van der Waals surface area contributed by atoms with Gasteiger partial charge in [0.1, 0.15) is 0 Å². The minimum Gasteiger partial charge on any atom is -0.288 e. The molecule has 1 aliphatic heterocycles. The first-order valence-corrected chi connectivity index (χ1v) is 5.78. The van der Waals surface area contributed by atoms with E-state index in [1.54, 1.807) is 12.1 Å². The smallest absolute Gasteiger partial charge is 0.279 e. The van der Waals surface area contributed by atoms with Crippen molar-refractivity contribution >= 4 is 12.0 Å². The van der Waals surface area contributed by atoms with Crippen LogP contribution in [-0.2, 0) is 4.79 Å². The van der Waals surface area contributed by atoms with E-state index in [4.69, 9.17) is 0 Å². The Kier molecular flexibility index (Phi) is 3.05. The van der Waals surface area contributed by atoms with Crippen LogP contribution in [0.4, 0.5) is 0 Å². The van der Waals surface area contributed by atoms with Crippen molar-refractivity contribution in [2.75, 3.05) is 0 Å². The van der Waals surface area contributed by atoms with Crippen molar-refractivity contribution in [3.8, 4) is 0 Å². The van der Waals surface area contributed by atoms with Crippen molar-refractivity contribution in [3.05, 3.63) is 46.6 Å². The lowest BCUT2D eigenvalue weighted by molar-refractivity contribution is -0.118. The molecule has 0 saturated carbocycles. The van der Waals surface area contributed by atoms with Crippen LogP contribution in [0.5, 0.6) is 0 Å². The first kappa shape index (κ1) is 12.5. The molecule has 1 aromatic carbocycles. The number of benzene rings is 1. The first-order valence-electron chi connectivity index (χ1n) is 5.78. The molecule has 18 heavy (non-hydrogen) atoms. The molecule has 1 aromatic rings. The Hall–Kier alpha value is -1.94. The fourth-order valence-corrected chi connectivity index (χ4v) is 1.53. The Labute approximate surface area is 106 Å². The van der Waals surface area contributed by atoms with Gasteiger partial charge in [-0.2, -0.15) is 0 Å². The summed E-state index contributed by atoms with van der Waals surface area (Å²) in [6, 6.07) is 7.41. The number of para-hydroxylation sites is 1. The molecule has 0 spiro atoms. The van der Waals surface area contributed by atoms with Crippen molar-refractivity contribution in [1.29, 1.82) is 0 Å². The number of carbonyl (C=O) groups excluding carboxylic acids is 1. The minimum atomic E-state index is -0.460. The summed E-state index contributed by atoms with van der Waals surface area (Å²) in [5, 5.41) is 12.4. The van der Waals surface area contributed by atoms with Gasteiger partial charge < -0.3 is 0 Å².